The number of esters is 1. The number of methoxy groups -OCH3 is 1. The number of ether oxygens (including phenoxy) is 2. The van der Waals surface area contributed by atoms with E-state index in [9.17, 15) is 4.79 Å². The summed E-state index contributed by atoms with van der Waals surface area (Å²) in [5.74, 6) is 0.499. The Kier molecular flexibility index (Phi) is 4.12. The van der Waals surface area contributed by atoms with Crippen molar-refractivity contribution in [1.82, 2.24) is 10.1 Å². The average molecular weight is 262 g/mol. The molecule has 2 rings (SSSR count). The first-order valence-electron chi connectivity index (χ1n) is 5.85. The maximum Gasteiger partial charge on any atom is 0.397 e. The standard InChI is InChI=1S/C13H14N2O4/c1-3-18-13(16)12-14-11(15-19-12)8-9-4-6-10(17-2)7-5-9/h4-7H,3,8H2,1-2H3. The number of aromatic nitrogens is 2. The van der Waals surface area contributed by atoms with Crippen LogP contribution in [0.4, 0.5) is 0 Å². The molecule has 0 unspecified atom stereocenters. The van der Waals surface area contributed by atoms with Gasteiger partial charge in [0.05, 0.1) is 13.7 Å². The molecule has 6 heteroatoms. The van der Waals surface area contributed by atoms with Crippen molar-refractivity contribution in [2.45, 2.75) is 13.3 Å². The van der Waals surface area contributed by atoms with Crippen molar-refractivity contribution in [3.63, 3.8) is 0 Å². The predicted octanol–water partition coefficient (Wildman–Crippen LogP) is 1.85. The van der Waals surface area contributed by atoms with Crippen LogP contribution < -0.4 is 4.74 Å². The lowest BCUT2D eigenvalue weighted by atomic mass is 10.1. The molecule has 0 radical (unpaired) electrons. The Labute approximate surface area is 110 Å². The number of hydrogen-bond acceptors (Lipinski definition) is 6. The molecule has 0 bridgehead atoms. The van der Waals surface area contributed by atoms with Gasteiger partial charge in [0.25, 0.3) is 0 Å². The Bertz CT molecular complexity index is 548. The molecule has 100 valence electrons. The normalized spacial score (nSPS) is 10.2. The molecule has 0 spiro atoms. The number of carbonyl (C=O) groups excluding carboxylic acids is 1. The van der Waals surface area contributed by atoms with E-state index in [0.29, 0.717) is 12.2 Å². The van der Waals surface area contributed by atoms with Gasteiger partial charge >= 0.3 is 11.9 Å². The van der Waals surface area contributed by atoms with Crippen LogP contribution in [0, 0.1) is 0 Å². The van der Waals surface area contributed by atoms with E-state index in [1.54, 1.807) is 14.0 Å². The summed E-state index contributed by atoms with van der Waals surface area (Å²) in [6, 6.07) is 7.50. The van der Waals surface area contributed by atoms with Gasteiger partial charge in [-0.05, 0) is 24.6 Å². The molecular weight excluding hydrogens is 248 g/mol. The molecule has 1 heterocycles. The third kappa shape index (κ3) is 3.31. The molecule has 0 saturated heterocycles. The lowest BCUT2D eigenvalue weighted by Gasteiger charge is -2.00. The average Bonchev–Trinajstić information content (AvgIpc) is 2.88. The van der Waals surface area contributed by atoms with Gasteiger partial charge in [0.1, 0.15) is 5.75 Å². The predicted molar refractivity (Wildman–Crippen MR) is 66.1 cm³/mol. The number of rotatable bonds is 5. The Morgan fingerprint density at radius 1 is 1.32 bits per heavy atom. The molecule has 0 amide bonds. The summed E-state index contributed by atoms with van der Waals surface area (Å²) in [4.78, 5) is 15.3. The van der Waals surface area contributed by atoms with Crippen LogP contribution in [0.25, 0.3) is 0 Å². The van der Waals surface area contributed by atoms with E-state index in [2.05, 4.69) is 10.1 Å². The van der Waals surface area contributed by atoms with E-state index >= 15 is 0 Å². The molecule has 0 N–H and O–H groups in total. The molecule has 0 fully saturated rings. The Balaban J connectivity index is 2.04. The molecule has 2 aromatic rings. The van der Waals surface area contributed by atoms with Crippen LogP contribution in [0.5, 0.6) is 5.75 Å². The fourth-order valence-corrected chi connectivity index (χ4v) is 1.53. The fraction of sp³-hybridized carbons (Fsp3) is 0.308. The van der Waals surface area contributed by atoms with E-state index in [0.717, 1.165) is 11.3 Å². The highest BCUT2D eigenvalue weighted by Gasteiger charge is 2.16. The summed E-state index contributed by atoms with van der Waals surface area (Å²) in [6.07, 6.45) is 0.479. The minimum atomic E-state index is -0.601. The lowest BCUT2D eigenvalue weighted by Crippen LogP contribution is -2.05. The molecule has 0 saturated carbocycles. The summed E-state index contributed by atoms with van der Waals surface area (Å²) in [5.41, 5.74) is 0.997. The molecule has 0 atom stereocenters. The quantitative estimate of drug-likeness (QED) is 0.765. The lowest BCUT2D eigenvalue weighted by molar-refractivity contribution is 0.0470. The van der Waals surface area contributed by atoms with Gasteiger partial charge in [-0.25, -0.2) is 4.79 Å². The van der Waals surface area contributed by atoms with Crippen LogP contribution >= 0.6 is 0 Å². The van der Waals surface area contributed by atoms with E-state index in [4.69, 9.17) is 14.0 Å². The number of carbonyl (C=O) groups is 1. The maximum absolute atomic E-state index is 11.4. The number of hydrogen-bond donors (Lipinski definition) is 0. The maximum atomic E-state index is 11.4. The SMILES string of the molecule is CCOC(=O)c1nc(Cc2ccc(OC)cc2)no1. The van der Waals surface area contributed by atoms with Crippen LogP contribution in [0.3, 0.4) is 0 Å². The molecule has 1 aromatic carbocycles. The van der Waals surface area contributed by atoms with E-state index in [1.165, 1.54) is 0 Å². The van der Waals surface area contributed by atoms with Gasteiger partial charge in [-0.15, -0.1) is 0 Å². The zero-order chi connectivity index (χ0) is 13.7. The van der Waals surface area contributed by atoms with Gasteiger partial charge in [0.15, 0.2) is 5.82 Å². The van der Waals surface area contributed by atoms with Crippen LogP contribution in [-0.4, -0.2) is 29.8 Å². The fourth-order valence-electron chi connectivity index (χ4n) is 1.53. The minimum absolute atomic E-state index is 0.120. The van der Waals surface area contributed by atoms with Crippen LogP contribution in [0.15, 0.2) is 28.8 Å². The van der Waals surface area contributed by atoms with Crippen molar-refractivity contribution < 1.29 is 18.8 Å². The highest BCUT2D eigenvalue weighted by atomic mass is 16.6. The first-order chi connectivity index (χ1) is 9.22. The van der Waals surface area contributed by atoms with Crippen molar-refractivity contribution >= 4 is 5.97 Å². The largest absolute Gasteiger partial charge is 0.497 e. The number of nitrogens with zero attached hydrogens (tertiary/aromatic N) is 2. The summed E-state index contributed by atoms with van der Waals surface area (Å²) in [7, 11) is 1.61. The van der Waals surface area contributed by atoms with Gasteiger partial charge in [-0.3, -0.25) is 0 Å². The minimum Gasteiger partial charge on any atom is -0.497 e. The molecule has 6 nitrogen and oxygen atoms in total. The topological polar surface area (TPSA) is 74.5 Å². The van der Waals surface area contributed by atoms with Crippen LogP contribution in [0.2, 0.25) is 0 Å². The zero-order valence-electron chi connectivity index (χ0n) is 10.8. The van der Waals surface area contributed by atoms with Gasteiger partial charge in [-0.1, -0.05) is 17.3 Å². The molecule has 0 aliphatic rings. The second-order valence-electron chi connectivity index (χ2n) is 3.76. The van der Waals surface area contributed by atoms with Crippen molar-refractivity contribution in [2.24, 2.45) is 0 Å². The summed E-state index contributed by atoms with van der Waals surface area (Å²) >= 11 is 0. The smallest absolute Gasteiger partial charge is 0.397 e. The Morgan fingerprint density at radius 2 is 2.05 bits per heavy atom. The Hall–Kier alpha value is -2.37. The molecule has 19 heavy (non-hydrogen) atoms. The highest BCUT2D eigenvalue weighted by molar-refractivity contribution is 5.83. The summed E-state index contributed by atoms with van der Waals surface area (Å²) in [5, 5.41) is 3.74. The molecular formula is C13H14N2O4. The van der Waals surface area contributed by atoms with Gasteiger partial charge in [0, 0.05) is 6.42 Å². The monoisotopic (exact) mass is 262 g/mol. The van der Waals surface area contributed by atoms with E-state index in [-0.39, 0.29) is 12.5 Å². The van der Waals surface area contributed by atoms with Crippen molar-refractivity contribution in [3.05, 3.63) is 41.5 Å². The summed E-state index contributed by atoms with van der Waals surface area (Å²) in [6.45, 7) is 1.99. The highest BCUT2D eigenvalue weighted by Crippen LogP contribution is 2.13. The Morgan fingerprint density at radius 3 is 2.68 bits per heavy atom. The zero-order valence-corrected chi connectivity index (χ0v) is 10.8. The molecule has 0 aliphatic carbocycles. The molecule has 1 aromatic heterocycles. The van der Waals surface area contributed by atoms with Crippen molar-refractivity contribution in [1.29, 1.82) is 0 Å². The third-order valence-corrected chi connectivity index (χ3v) is 2.44. The van der Waals surface area contributed by atoms with Gasteiger partial charge in [0.2, 0.25) is 0 Å². The first-order valence-corrected chi connectivity index (χ1v) is 5.85. The first kappa shape index (κ1) is 13.1. The van der Waals surface area contributed by atoms with Crippen molar-refractivity contribution in [2.75, 3.05) is 13.7 Å². The van der Waals surface area contributed by atoms with Crippen LogP contribution in [0.1, 0.15) is 29.0 Å². The second kappa shape index (κ2) is 5.99. The van der Waals surface area contributed by atoms with Crippen molar-refractivity contribution in [3.8, 4) is 5.75 Å². The van der Waals surface area contributed by atoms with Crippen LogP contribution in [-0.2, 0) is 11.2 Å². The van der Waals surface area contributed by atoms with E-state index in [1.807, 2.05) is 24.3 Å². The second-order valence-corrected chi connectivity index (χ2v) is 3.76. The van der Waals surface area contributed by atoms with Gasteiger partial charge < -0.3 is 14.0 Å². The number of benzene rings is 1. The van der Waals surface area contributed by atoms with Gasteiger partial charge in [-0.2, -0.15) is 4.98 Å². The third-order valence-electron chi connectivity index (χ3n) is 2.44. The van der Waals surface area contributed by atoms with E-state index < -0.39 is 5.97 Å². The molecule has 0 aliphatic heterocycles. The summed E-state index contributed by atoms with van der Waals surface area (Å²) < 4.78 is 14.7.